The second-order valence-electron chi connectivity index (χ2n) is 4.71. The van der Waals surface area contributed by atoms with Crippen LogP contribution in [0.1, 0.15) is 5.48 Å². The molecule has 11 nitrogen and oxygen atoms in total. The summed E-state index contributed by atoms with van der Waals surface area (Å²) < 4.78 is 96.0. The maximum atomic E-state index is 13.0. The van der Waals surface area contributed by atoms with Crippen LogP contribution in [0.25, 0.3) is 10.8 Å². The van der Waals surface area contributed by atoms with Crippen LogP contribution in [-0.4, -0.2) is 50.1 Å². The van der Waals surface area contributed by atoms with E-state index in [9.17, 15) is 13.2 Å². The van der Waals surface area contributed by atoms with Crippen molar-refractivity contribution in [2.75, 3.05) is 19.0 Å². The molecule has 0 saturated carbocycles. The van der Waals surface area contributed by atoms with Crippen LogP contribution < -0.4 is 21.2 Å². The summed E-state index contributed by atoms with van der Waals surface area (Å²) in [6.07, 6.45) is -0.789. The number of aliphatic hydroxyl groups is 1. The minimum Gasteiger partial charge on any atom is -0.394 e. The highest BCUT2D eigenvalue weighted by Crippen LogP contribution is 2.29. The van der Waals surface area contributed by atoms with Gasteiger partial charge in [0, 0.05) is 16.9 Å². The summed E-state index contributed by atoms with van der Waals surface area (Å²) >= 11 is 6.03. The van der Waals surface area contributed by atoms with E-state index in [-0.39, 0.29) is 11.0 Å². The average molecular weight is 435 g/mol. The summed E-state index contributed by atoms with van der Waals surface area (Å²) in [5, 5.41) is 12.3. The number of fused-ring (bicyclic) bond motifs is 1. The number of halogens is 1. The summed E-state index contributed by atoms with van der Waals surface area (Å²) in [5.74, 6) is -3.31. The van der Waals surface area contributed by atoms with E-state index in [2.05, 4.69) is 20.5 Å². The maximum Gasteiger partial charge on any atom is 0.345 e. The number of aromatic nitrogens is 1. The second kappa shape index (κ2) is 8.45. The lowest BCUT2D eigenvalue weighted by Gasteiger charge is -2.13. The number of anilines is 1. The van der Waals surface area contributed by atoms with Gasteiger partial charge in [-0.2, -0.15) is 0 Å². The molecular weight excluding hydrogens is 400 g/mol. The van der Waals surface area contributed by atoms with Crippen LogP contribution >= 0.6 is 11.6 Å². The third-order valence-corrected chi connectivity index (χ3v) is 4.26. The van der Waals surface area contributed by atoms with Crippen LogP contribution in [0.2, 0.25) is 12.1 Å². The van der Waals surface area contributed by atoms with Crippen molar-refractivity contribution in [2.45, 2.75) is 10.9 Å². The molecule has 1 aromatic heterocycles. The van der Waals surface area contributed by atoms with Crippen LogP contribution in [0.5, 0.6) is 0 Å². The SMILES string of the molecule is [3H]N=C(N([3H])[3H])N([3H])c1nc([3H])c(Cl)c2c([3H])c([3H])c(S(=O)(=O)N([3H])OC(=O)[C@@H](CO)NC)c([3H])c12. The smallest absolute Gasteiger partial charge is 0.345 e. The molecule has 0 amide bonds. The Morgan fingerprint density at radius 2 is 2.41 bits per heavy atom. The Morgan fingerprint density at radius 1 is 1.63 bits per heavy atom. The minimum absolute atomic E-state index is 0.0262. The van der Waals surface area contributed by atoms with Crippen LogP contribution in [0.4, 0.5) is 5.82 Å². The van der Waals surface area contributed by atoms with Gasteiger partial charge in [-0.05, 0) is 24.0 Å². The van der Waals surface area contributed by atoms with E-state index in [1.807, 2.05) is 0 Å². The molecule has 0 saturated heterocycles. The number of likely N-dealkylation sites (N-methyl/N-ethyl adjacent to an activating group) is 1. The predicted molar refractivity (Wildman–Crippen MR) is 98.6 cm³/mol. The molecule has 146 valence electrons. The number of carbonyl (C=O) groups is 1. The van der Waals surface area contributed by atoms with Crippen molar-refractivity contribution in [3.05, 3.63) is 29.3 Å². The molecule has 0 spiro atoms. The highest BCUT2D eigenvalue weighted by molar-refractivity contribution is 7.89. The van der Waals surface area contributed by atoms with Crippen LogP contribution in [0.15, 0.2) is 29.2 Å². The van der Waals surface area contributed by atoms with E-state index < -0.39 is 90.3 Å². The number of nitrogens with two attached hydrogens (primary N) is 1. The highest BCUT2D eigenvalue weighted by Gasteiger charge is 2.22. The Bertz CT molecular complexity index is 1330. The number of carbonyl (C=O) groups excluding carboxylic acids is 1. The standard InChI is InChI=1S/C14H17ClN6O5S/c1-18-11(6-22)13(23)26-21-27(24,25)7-2-3-8-9(4-7)12(20-14(16)17)19-5-10(8)15/h2-5,11,18,21-22H,6H2,1H3,(H4,16,17,19,20)/t11-/m1/s1/i2T,3T,4T,5T/hT5. The molecule has 2 aromatic rings. The van der Waals surface area contributed by atoms with Crippen molar-refractivity contribution in [3.63, 3.8) is 0 Å². The predicted octanol–water partition coefficient (Wildman–Crippen LogP) is -0.490. The van der Waals surface area contributed by atoms with Gasteiger partial charge in [0.15, 0.2) is 13.0 Å². The van der Waals surface area contributed by atoms with Gasteiger partial charge >= 0.3 is 5.97 Å². The van der Waals surface area contributed by atoms with Gasteiger partial charge in [-0.25, -0.2) is 18.2 Å². The fourth-order valence-electron chi connectivity index (χ4n) is 1.71. The third-order valence-electron chi connectivity index (χ3n) is 3.00. The first kappa shape index (κ1) is 11.4. The number of sulfonamides is 1. The Morgan fingerprint density at radius 3 is 3.04 bits per heavy atom. The highest BCUT2D eigenvalue weighted by atomic mass is 35.5. The number of nitrogens with one attached hydrogen (secondary N) is 4. The Labute approximate surface area is 172 Å². The monoisotopic (exact) mass is 434 g/mol. The van der Waals surface area contributed by atoms with Crippen molar-refractivity contribution < 1.29 is 35.7 Å². The van der Waals surface area contributed by atoms with E-state index >= 15 is 0 Å². The second-order valence-corrected chi connectivity index (χ2v) is 6.60. The van der Waals surface area contributed by atoms with Crippen molar-refractivity contribution in [1.82, 2.24) is 15.2 Å². The topological polar surface area (TPSA) is 180 Å². The molecule has 0 aliphatic carbocycles. The summed E-state index contributed by atoms with van der Waals surface area (Å²) in [6, 6.07) is -4.75. The number of pyridine rings is 1. The molecule has 1 atom stereocenters. The fourth-order valence-corrected chi connectivity index (χ4v) is 2.55. The van der Waals surface area contributed by atoms with Gasteiger partial charge in [-0.1, -0.05) is 17.6 Å². The van der Waals surface area contributed by atoms with Crippen molar-refractivity contribution in [3.8, 4) is 0 Å². The number of guanidine groups is 1. The Hall–Kier alpha value is -2.51. The summed E-state index contributed by atoms with van der Waals surface area (Å²) in [5.41, 5.74) is -0.294. The molecule has 0 radical (unpaired) electrons. The van der Waals surface area contributed by atoms with Crippen LogP contribution in [0.3, 0.4) is 0 Å². The molecule has 13 heteroatoms. The molecule has 2 rings (SSSR count). The molecule has 0 aliphatic rings. The minimum atomic E-state index is -5.36. The van der Waals surface area contributed by atoms with Gasteiger partial charge in [0.1, 0.15) is 11.9 Å². The molecular formula is C14H17ClN6O5S. The van der Waals surface area contributed by atoms with E-state index in [1.54, 1.807) is 0 Å². The third kappa shape index (κ3) is 4.81. The molecule has 1 aromatic carbocycles. The number of hydrogen-bond donors (Lipinski definition) is 6. The molecule has 0 unspecified atom stereocenters. The first-order valence-corrected chi connectivity index (χ1v) is 8.71. The van der Waals surface area contributed by atoms with Crippen molar-refractivity contribution >= 4 is 50.1 Å². The van der Waals surface area contributed by atoms with Gasteiger partial charge in [-0.15, -0.1) is 0 Å². The zero-order chi connectivity index (χ0) is 27.7. The lowest BCUT2D eigenvalue weighted by molar-refractivity contribution is -0.150. The maximum absolute atomic E-state index is 13.0. The van der Waals surface area contributed by atoms with E-state index in [0.29, 0.717) is 0 Å². The Balaban J connectivity index is 2.90. The molecule has 0 aliphatic heterocycles. The van der Waals surface area contributed by atoms with Gasteiger partial charge in [-0.3, -0.25) is 5.40 Å². The Kier molecular flexibility index (Phi) is 3.56. The first-order chi connectivity index (χ1) is 16.7. The quantitative estimate of drug-likeness (QED) is 0.190. The van der Waals surface area contributed by atoms with E-state index in [0.717, 1.165) is 0 Å². The molecule has 0 fully saturated rings. The fraction of sp³-hybridized carbons (Fsp3) is 0.214. The molecule has 27 heavy (non-hydrogen) atoms. The molecule has 0 bridgehead atoms. The normalized spacial score (nSPS) is 18.1. The van der Waals surface area contributed by atoms with Gasteiger partial charge in [0.25, 0.3) is 10.0 Å². The van der Waals surface area contributed by atoms with Crippen molar-refractivity contribution in [2.24, 2.45) is 5.72 Å². The number of nitrogens with zero attached hydrogens (tertiary/aromatic N) is 1. The van der Waals surface area contributed by atoms with E-state index in [1.165, 1.54) is 7.05 Å². The average Bonchev–Trinajstić information content (AvgIpc) is 2.79. The number of rotatable bonds is 7. The van der Waals surface area contributed by atoms with Crippen LogP contribution in [0, 0.1) is 5.40 Å². The number of benzene rings is 1. The van der Waals surface area contributed by atoms with Gasteiger partial charge in [0.05, 0.1) is 22.0 Å². The van der Waals surface area contributed by atoms with Crippen LogP contribution in [-0.2, 0) is 19.7 Å². The number of aliphatic hydroxyl groups excluding tert-OH is 1. The molecule has 1 heterocycles. The lowest BCUT2D eigenvalue weighted by Crippen LogP contribution is -2.42. The first-order valence-electron chi connectivity index (χ1n) is 11.1. The number of hydrogen-bond acceptors (Lipinski definition) is 8. The summed E-state index contributed by atoms with van der Waals surface area (Å²) in [4.78, 5) is 17.9. The molecule has 7 N–H and O–H groups in total. The largest absolute Gasteiger partial charge is 0.394 e. The lowest BCUT2D eigenvalue weighted by atomic mass is 10.1. The zero-order valence-electron chi connectivity index (χ0n) is 22.4. The summed E-state index contributed by atoms with van der Waals surface area (Å²) in [7, 11) is -4.13. The van der Waals surface area contributed by atoms with E-state index in [4.69, 9.17) is 29.2 Å². The summed E-state index contributed by atoms with van der Waals surface area (Å²) in [6.45, 7) is -0.825. The van der Waals surface area contributed by atoms with Gasteiger partial charge in [0.2, 0.25) is 0 Å². The zero-order valence-corrected chi connectivity index (χ0v) is 15.0. The van der Waals surface area contributed by atoms with Gasteiger partial charge < -0.3 is 26.3 Å². The van der Waals surface area contributed by atoms with Crippen molar-refractivity contribution in [1.29, 1.82) is 5.40 Å².